The highest BCUT2D eigenvalue weighted by Gasteiger charge is 2.43. The van der Waals surface area contributed by atoms with Gasteiger partial charge < -0.3 is 10.4 Å². The van der Waals surface area contributed by atoms with Crippen molar-refractivity contribution in [3.63, 3.8) is 0 Å². The third kappa shape index (κ3) is 10.1. The zero-order valence-electron chi connectivity index (χ0n) is 32.9. The Bertz CT molecular complexity index is 2630. The van der Waals surface area contributed by atoms with E-state index in [1.165, 1.54) is 68.5 Å². The number of nitro groups is 1. The Balaban J connectivity index is 0.000000160. The molecule has 58 heavy (non-hydrogen) atoms. The maximum atomic E-state index is 13.4. The molecule has 7 aromatic carbocycles. The standard InChI is InChI=1S/C21H20N2O4S.C15H17N.C12H12O.ClH/c1-15(17-11-10-16-6-2-3-7-18(16)14-17)22(19-12-13-19)28(26,27)21-9-5-4-8-20(21)23(24)25;1-11(16-15-8-9-15)13-7-6-12-4-2-3-5-14(12)10-13;1-9(13)11-7-6-10-4-2-3-5-12(10)8-11;/h2-11,14-15,19H,12-13H2,1H3;2-7,10-11,15-16H,8-9H2,1H3;2-9,13H,1H3;1H. The molecule has 0 saturated heterocycles. The van der Waals surface area contributed by atoms with E-state index in [0.29, 0.717) is 6.04 Å². The van der Waals surface area contributed by atoms with E-state index in [0.717, 1.165) is 40.8 Å². The van der Waals surface area contributed by atoms with Gasteiger partial charge in [0.15, 0.2) is 4.90 Å². The van der Waals surface area contributed by atoms with E-state index in [1.807, 2.05) is 79.7 Å². The largest absolute Gasteiger partial charge is 0.389 e. The zero-order chi connectivity index (χ0) is 40.1. The molecule has 9 rings (SSSR count). The number of nitrogens with one attached hydrogen (secondary N) is 1. The Morgan fingerprint density at radius 3 is 1.53 bits per heavy atom. The summed E-state index contributed by atoms with van der Waals surface area (Å²) in [6.07, 6.45) is 3.83. The molecule has 3 unspecified atom stereocenters. The third-order valence-electron chi connectivity index (χ3n) is 10.8. The van der Waals surface area contributed by atoms with Crippen LogP contribution in [0.25, 0.3) is 32.3 Å². The van der Waals surface area contributed by atoms with Crippen molar-refractivity contribution >= 4 is 60.4 Å². The summed E-state index contributed by atoms with van der Waals surface area (Å²) in [7, 11) is -4.02. The molecule has 0 radical (unpaired) electrons. The minimum Gasteiger partial charge on any atom is -0.389 e. The second-order valence-electron chi connectivity index (χ2n) is 15.1. The Labute approximate surface area is 347 Å². The number of sulfonamides is 1. The second kappa shape index (κ2) is 18.6. The molecule has 8 nitrogen and oxygen atoms in total. The molecule has 0 amide bonds. The number of aliphatic hydroxyl groups excluding tert-OH is 1. The number of halogens is 1. The predicted molar refractivity (Wildman–Crippen MR) is 238 cm³/mol. The topological polar surface area (TPSA) is 113 Å². The van der Waals surface area contributed by atoms with Crippen molar-refractivity contribution in [3.05, 3.63) is 178 Å². The van der Waals surface area contributed by atoms with E-state index in [4.69, 9.17) is 0 Å². The zero-order valence-corrected chi connectivity index (χ0v) is 34.6. The first-order valence-electron chi connectivity index (χ1n) is 19.7. The van der Waals surface area contributed by atoms with Crippen LogP contribution in [0, 0.1) is 10.1 Å². The molecule has 0 heterocycles. The summed E-state index contributed by atoms with van der Waals surface area (Å²) in [5, 5.41) is 31.6. The molecule has 3 atom stereocenters. The molecule has 0 aliphatic heterocycles. The number of hydrogen-bond donors (Lipinski definition) is 2. The van der Waals surface area contributed by atoms with Gasteiger partial charge in [-0.05, 0) is 120 Å². The molecule has 2 saturated carbocycles. The van der Waals surface area contributed by atoms with Crippen LogP contribution in [-0.4, -0.2) is 34.8 Å². The van der Waals surface area contributed by atoms with E-state index in [1.54, 1.807) is 6.92 Å². The molecular formula is C48H50ClN3O5S. The van der Waals surface area contributed by atoms with Crippen LogP contribution in [0.5, 0.6) is 0 Å². The summed E-state index contributed by atoms with van der Waals surface area (Å²) in [4.78, 5) is 10.5. The van der Waals surface area contributed by atoms with E-state index < -0.39 is 21.0 Å². The van der Waals surface area contributed by atoms with Gasteiger partial charge in [0, 0.05) is 30.2 Å². The number of nitrogens with zero attached hydrogens (tertiary/aromatic N) is 2. The van der Waals surface area contributed by atoms with Crippen LogP contribution >= 0.6 is 12.4 Å². The van der Waals surface area contributed by atoms with Gasteiger partial charge in [-0.1, -0.05) is 121 Å². The van der Waals surface area contributed by atoms with E-state index in [-0.39, 0.29) is 35.1 Å². The lowest BCUT2D eigenvalue weighted by Crippen LogP contribution is -2.35. The molecule has 2 fully saturated rings. The molecule has 2 N–H and O–H groups in total. The number of para-hydroxylation sites is 1. The van der Waals surface area contributed by atoms with Crippen LogP contribution in [0.15, 0.2) is 157 Å². The first-order chi connectivity index (χ1) is 27.5. The number of hydrogen-bond acceptors (Lipinski definition) is 6. The minimum atomic E-state index is -4.02. The van der Waals surface area contributed by atoms with Crippen molar-refractivity contribution in [2.75, 3.05) is 0 Å². The molecular weight excluding hydrogens is 766 g/mol. The van der Waals surface area contributed by atoms with Crippen LogP contribution in [0.4, 0.5) is 5.69 Å². The van der Waals surface area contributed by atoms with E-state index in [2.05, 4.69) is 66.8 Å². The number of aliphatic hydroxyl groups is 1. The van der Waals surface area contributed by atoms with Gasteiger partial charge in [-0.2, -0.15) is 4.31 Å². The molecule has 0 aromatic heterocycles. The van der Waals surface area contributed by atoms with Gasteiger partial charge in [-0.25, -0.2) is 8.42 Å². The van der Waals surface area contributed by atoms with Gasteiger partial charge in [0.05, 0.1) is 11.0 Å². The molecule has 10 heteroatoms. The van der Waals surface area contributed by atoms with Gasteiger partial charge in [0.2, 0.25) is 0 Å². The maximum Gasteiger partial charge on any atom is 0.289 e. The van der Waals surface area contributed by atoms with Gasteiger partial charge >= 0.3 is 0 Å². The van der Waals surface area contributed by atoms with E-state index in [9.17, 15) is 23.6 Å². The van der Waals surface area contributed by atoms with Crippen molar-refractivity contribution in [1.82, 2.24) is 9.62 Å². The van der Waals surface area contributed by atoms with Crippen LogP contribution in [0.1, 0.15) is 81.3 Å². The molecule has 2 aliphatic rings. The lowest BCUT2D eigenvalue weighted by atomic mass is 10.0. The summed E-state index contributed by atoms with van der Waals surface area (Å²) < 4.78 is 28.3. The highest BCUT2D eigenvalue weighted by molar-refractivity contribution is 7.89. The van der Waals surface area contributed by atoms with Crippen molar-refractivity contribution < 1.29 is 18.4 Å². The molecule has 0 bridgehead atoms. The fourth-order valence-electron chi connectivity index (χ4n) is 7.25. The lowest BCUT2D eigenvalue weighted by Gasteiger charge is -2.29. The molecule has 300 valence electrons. The van der Waals surface area contributed by atoms with Crippen molar-refractivity contribution in [3.8, 4) is 0 Å². The predicted octanol–water partition coefficient (Wildman–Crippen LogP) is 11.6. The fraction of sp³-hybridized carbons (Fsp3) is 0.250. The fourth-order valence-corrected chi connectivity index (χ4v) is 9.27. The number of rotatable bonds is 10. The summed E-state index contributed by atoms with van der Waals surface area (Å²) in [5.74, 6) is 0. The molecule has 7 aromatic rings. The lowest BCUT2D eigenvalue weighted by molar-refractivity contribution is -0.387. The Kier molecular flexibility index (Phi) is 13.6. The number of fused-ring (bicyclic) bond motifs is 3. The van der Waals surface area contributed by atoms with E-state index >= 15 is 0 Å². The van der Waals surface area contributed by atoms with Crippen molar-refractivity contribution in [1.29, 1.82) is 0 Å². The smallest absolute Gasteiger partial charge is 0.289 e. The van der Waals surface area contributed by atoms with Crippen LogP contribution in [0.3, 0.4) is 0 Å². The van der Waals surface area contributed by atoms with Crippen LogP contribution < -0.4 is 5.32 Å². The van der Waals surface area contributed by atoms with Crippen LogP contribution in [0.2, 0.25) is 0 Å². The summed E-state index contributed by atoms with van der Waals surface area (Å²) in [5.41, 5.74) is 2.84. The highest BCUT2D eigenvalue weighted by atomic mass is 35.5. The van der Waals surface area contributed by atoms with Crippen molar-refractivity contribution in [2.45, 2.75) is 81.6 Å². The average Bonchev–Trinajstić information content (AvgIpc) is 4.19. The maximum absolute atomic E-state index is 13.4. The molecule has 0 spiro atoms. The quantitative estimate of drug-likeness (QED) is 0.105. The normalized spacial score (nSPS) is 15.3. The molecule has 2 aliphatic carbocycles. The summed E-state index contributed by atoms with van der Waals surface area (Å²) in [6, 6.07) is 49.5. The summed E-state index contributed by atoms with van der Waals surface area (Å²) in [6.45, 7) is 5.88. The number of nitro benzene ring substituents is 1. The summed E-state index contributed by atoms with van der Waals surface area (Å²) >= 11 is 0. The SMILES string of the molecule is CC(NC1CC1)c1ccc2ccccc2c1.CC(O)c1ccc2ccccc2c1.CC(c1ccc2ccccc2c1)N(C1CC1)S(=O)(=O)c1ccccc1[N+](=O)[O-].Cl. The Hall–Kier alpha value is -5.16. The van der Waals surface area contributed by atoms with Crippen molar-refractivity contribution in [2.24, 2.45) is 0 Å². The van der Waals surface area contributed by atoms with Gasteiger partial charge in [0.25, 0.3) is 15.7 Å². The van der Waals surface area contributed by atoms with Gasteiger partial charge in [-0.15, -0.1) is 12.4 Å². The number of benzene rings is 7. The van der Waals surface area contributed by atoms with Gasteiger partial charge in [-0.3, -0.25) is 10.1 Å². The third-order valence-corrected chi connectivity index (χ3v) is 12.8. The minimum absolute atomic E-state index is 0. The monoisotopic (exact) mass is 815 g/mol. The average molecular weight is 816 g/mol. The van der Waals surface area contributed by atoms with Crippen LogP contribution in [-0.2, 0) is 10.0 Å². The Morgan fingerprint density at radius 2 is 1.05 bits per heavy atom. The first kappa shape index (κ1) is 42.4. The first-order valence-corrected chi connectivity index (χ1v) is 21.1. The highest BCUT2D eigenvalue weighted by Crippen LogP contribution is 2.41. The Morgan fingerprint density at radius 1 is 0.621 bits per heavy atom. The second-order valence-corrected chi connectivity index (χ2v) is 16.9. The van der Waals surface area contributed by atoms with Gasteiger partial charge in [0.1, 0.15) is 0 Å².